The predicted octanol–water partition coefficient (Wildman–Crippen LogP) is 1.31. The van der Waals surface area contributed by atoms with Crippen LogP contribution >= 0.6 is 0 Å². The van der Waals surface area contributed by atoms with Crippen molar-refractivity contribution in [1.82, 2.24) is 5.32 Å². The second kappa shape index (κ2) is 8.26. The van der Waals surface area contributed by atoms with Crippen LogP contribution in [0.4, 0.5) is 0 Å². The number of amides is 1. The zero-order valence-corrected chi connectivity index (χ0v) is 12.8. The van der Waals surface area contributed by atoms with E-state index in [0.717, 1.165) is 5.56 Å². The number of benzene rings is 1. The Kier molecular flexibility index (Phi) is 6.68. The van der Waals surface area contributed by atoms with Crippen LogP contribution in [0.15, 0.2) is 18.2 Å². The molecular weight excluding hydrogens is 274 g/mol. The van der Waals surface area contributed by atoms with Crippen molar-refractivity contribution in [3.8, 4) is 5.75 Å². The van der Waals surface area contributed by atoms with E-state index >= 15 is 0 Å². The van der Waals surface area contributed by atoms with Gasteiger partial charge in [0, 0.05) is 13.2 Å². The summed E-state index contributed by atoms with van der Waals surface area (Å²) in [5, 5.41) is 2.74. The molecule has 1 aromatic carbocycles. The first-order valence-electron chi connectivity index (χ1n) is 6.58. The molecule has 0 radical (unpaired) electrons. The van der Waals surface area contributed by atoms with E-state index in [9.17, 15) is 9.59 Å². The topological polar surface area (TPSA) is 73.9 Å². The van der Waals surface area contributed by atoms with Gasteiger partial charge in [0.15, 0.2) is 6.61 Å². The summed E-state index contributed by atoms with van der Waals surface area (Å²) in [6.45, 7) is 3.98. The van der Waals surface area contributed by atoms with E-state index in [-0.39, 0.29) is 18.6 Å². The lowest BCUT2D eigenvalue weighted by atomic mass is 10.1. The first-order chi connectivity index (χ1) is 9.97. The molecule has 1 aromatic rings. The molecule has 1 amide bonds. The number of carbonyl (C=O) groups is 2. The first-order valence-corrected chi connectivity index (χ1v) is 6.58. The average molecular weight is 295 g/mol. The molecule has 0 aromatic heterocycles. The van der Waals surface area contributed by atoms with Gasteiger partial charge in [-0.3, -0.25) is 4.79 Å². The zero-order valence-electron chi connectivity index (χ0n) is 12.8. The normalized spacial score (nSPS) is 11.6. The SMILES string of the molecule is COC[C@H](C)NC(=O)COc1cc(C(=O)OC)ccc1C. The summed E-state index contributed by atoms with van der Waals surface area (Å²) in [6.07, 6.45) is 0. The summed E-state index contributed by atoms with van der Waals surface area (Å²) in [5.41, 5.74) is 1.21. The van der Waals surface area contributed by atoms with E-state index in [2.05, 4.69) is 10.1 Å². The maximum atomic E-state index is 11.7. The fourth-order valence-electron chi connectivity index (χ4n) is 1.75. The molecule has 21 heavy (non-hydrogen) atoms. The number of rotatable bonds is 7. The monoisotopic (exact) mass is 295 g/mol. The van der Waals surface area contributed by atoms with Crippen molar-refractivity contribution >= 4 is 11.9 Å². The summed E-state index contributed by atoms with van der Waals surface area (Å²) >= 11 is 0. The van der Waals surface area contributed by atoms with Crippen molar-refractivity contribution in [2.45, 2.75) is 19.9 Å². The molecule has 0 aliphatic carbocycles. The van der Waals surface area contributed by atoms with E-state index < -0.39 is 5.97 Å². The number of ether oxygens (including phenoxy) is 3. The zero-order chi connectivity index (χ0) is 15.8. The van der Waals surface area contributed by atoms with Gasteiger partial charge in [-0.2, -0.15) is 0 Å². The van der Waals surface area contributed by atoms with Crippen LogP contribution in [0.25, 0.3) is 0 Å². The van der Waals surface area contributed by atoms with Crippen LogP contribution in [0.2, 0.25) is 0 Å². The van der Waals surface area contributed by atoms with Gasteiger partial charge in [-0.25, -0.2) is 4.79 Å². The first kappa shape index (κ1) is 17.0. The summed E-state index contributed by atoms with van der Waals surface area (Å²) in [5.74, 6) is -0.215. The minimum atomic E-state index is -0.446. The van der Waals surface area contributed by atoms with E-state index in [0.29, 0.717) is 17.9 Å². The largest absolute Gasteiger partial charge is 0.483 e. The maximum Gasteiger partial charge on any atom is 0.337 e. The van der Waals surface area contributed by atoms with Crippen molar-refractivity contribution in [3.05, 3.63) is 29.3 Å². The Bertz CT molecular complexity index is 501. The van der Waals surface area contributed by atoms with E-state index in [4.69, 9.17) is 9.47 Å². The smallest absolute Gasteiger partial charge is 0.337 e. The van der Waals surface area contributed by atoms with Crippen molar-refractivity contribution < 1.29 is 23.8 Å². The lowest BCUT2D eigenvalue weighted by Crippen LogP contribution is -2.38. The van der Waals surface area contributed by atoms with E-state index in [1.807, 2.05) is 13.8 Å². The molecule has 0 heterocycles. The Labute approximate surface area is 124 Å². The molecule has 0 fully saturated rings. The Morgan fingerprint density at radius 1 is 1.29 bits per heavy atom. The Hall–Kier alpha value is -2.08. The highest BCUT2D eigenvalue weighted by atomic mass is 16.5. The molecule has 0 saturated carbocycles. The highest BCUT2D eigenvalue weighted by molar-refractivity contribution is 5.90. The number of aryl methyl sites for hydroxylation is 1. The van der Waals surface area contributed by atoms with Crippen LogP contribution in [0.3, 0.4) is 0 Å². The van der Waals surface area contributed by atoms with Crippen molar-refractivity contribution in [3.63, 3.8) is 0 Å². The highest BCUT2D eigenvalue weighted by Crippen LogP contribution is 2.20. The molecule has 0 aliphatic rings. The highest BCUT2D eigenvalue weighted by Gasteiger charge is 2.11. The summed E-state index contributed by atoms with van der Waals surface area (Å²) in [7, 11) is 2.88. The minimum Gasteiger partial charge on any atom is -0.483 e. The number of hydrogen-bond donors (Lipinski definition) is 1. The minimum absolute atomic E-state index is 0.0893. The van der Waals surface area contributed by atoms with Gasteiger partial charge in [0.05, 0.1) is 19.3 Å². The van der Waals surface area contributed by atoms with Gasteiger partial charge in [-0.05, 0) is 31.5 Å². The third kappa shape index (κ3) is 5.43. The Morgan fingerprint density at radius 3 is 2.62 bits per heavy atom. The van der Waals surface area contributed by atoms with Crippen LogP contribution in [-0.4, -0.2) is 45.4 Å². The standard InChI is InChI=1S/C15H21NO5/c1-10-5-6-12(15(18)20-4)7-13(10)21-9-14(17)16-11(2)8-19-3/h5-7,11H,8-9H2,1-4H3,(H,16,17)/t11-/m0/s1. The average Bonchev–Trinajstić information content (AvgIpc) is 2.45. The third-order valence-electron chi connectivity index (χ3n) is 2.79. The summed E-state index contributed by atoms with van der Waals surface area (Å²) in [6, 6.07) is 4.86. The molecule has 6 heteroatoms. The Balaban J connectivity index is 2.62. The third-order valence-corrected chi connectivity index (χ3v) is 2.79. The van der Waals surface area contributed by atoms with Gasteiger partial charge in [-0.1, -0.05) is 6.07 Å². The number of carbonyl (C=O) groups excluding carboxylic acids is 2. The second-order valence-corrected chi connectivity index (χ2v) is 4.68. The molecule has 116 valence electrons. The van der Waals surface area contributed by atoms with Crippen LogP contribution < -0.4 is 10.1 Å². The quantitative estimate of drug-likeness (QED) is 0.768. The van der Waals surface area contributed by atoms with Crippen LogP contribution in [0.1, 0.15) is 22.8 Å². The number of methoxy groups -OCH3 is 2. The van der Waals surface area contributed by atoms with Crippen LogP contribution in [-0.2, 0) is 14.3 Å². The lowest BCUT2D eigenvalue weighted by molar-refractivity contribution is -0.124. The summed E-state index contributed by atoms with van der Waals surface area (Å²) < 4.78 is 15.0. The Morgan fingerprint density at radius 2 is 2.00 bits per heavy atom. The fraction of sp³-hybridized carbons (Fsp3) is 0.467. The van der Waals surface area contributed by atoms with Gasteiger partial charge >= 0.3 is 5.97 Å². The van der Waals surface area contributed by atoms with Crippen LogP contribution in [0, 0.1) is 6.92 Å². The van der Waals surface area contributed by atoms with E-state index in [1.165, 1.54) is 7.11 Å². The number of nitrogens with one attached hydrogen (secondary N) is 1. The van der Waals surface area contributed by atoms with Gasteiger partial charge < -0.3 is 19.5 Å². The molecule has 1 N–H and O–H groups in total. The molecule has 6 nitrogen and oxygen atoms in total. The molecule has 1 atom stereocenters. The summed E-state index contributed by atoms with van der Waals surface area (Å²) in [4.78, 5) is 23.2. The van der Waals surface area contributed by atoms with Gasteiger partial charge in [0.2, 0.25) is 0 Å². The van der Waals surface area contributed by atoms with Crippen molar-refractivity contribution in [1.29, 1.82) is 0 Å². The molecule has 0 saturated heterocycles. The molecule has 1 rings (SSSR count). The van der Waals surface area contributed by atoms with Gasteiger partial charge in [0.25, 0.3) is 5.91 Å². The number of esters is 1. The maximum absolute atomic E-state index is 11.7. The lowest BCUT2D eigenvalue weighted by Gasteiger charge is -2.14. The fourth-order valence-corrected chi connectivity index (χ4v) is 1.75. The molecule has 0 bridgehead atoms. The molecule has 0 unspecified atom stereocenters. The van der Waals surface area contributed by atoms with E-state index in [1.54, 1.807) is 25.3 Å². The van der Waals surface area contributed by atoms with Gasteiger partial charge in [0.1, 0.15) is 5.75 Å². The molecular formula is C15H21NO5. The van der Waals surface area contributed by atoms with Crippen LogP contribution in [0.5, 0.6) is 5.75 Å². The number of hydrogen-bond acceptors (Lipinski definition) is 5. The van der Waals surface area contributed by atoms with Crippen molar-refractivity contribution in [2.24, 2.45) is 0 Å². The molecule has 0 spiro atoms. The molecule has 0 aliphatic heterocycles. The van der Waals surface area contributed by atoms with Gasteiger partial charge in [-0.15, -0.1) is 0 Å². The predicted molar refractivity (Wildman–Crippen MR) is 77.5 cm³/mol. The van der Waals surface area contributed by atoms with Crippen molar-refractivity contribution in [2.75, 3.05) is 27.4 Å². The second-order valence-electron chi connectivity index (χ2n) is 4.68.